The Morgan fingerprint density at radius 2 is 1.74 bits per heavy atom. The van der Waals surface area contributed by atoms with Crippen LogP contribution in [-0.2, 0) is 20.9 Å². The Morgan fingerprint density at radius 1 is 1.13 bits per heavy atom. The first-order valence-corrected chi connectivity index (χ1v) is 9.15. The van der Waals surface area contributed by atoms with Gasteiger partial charge in [-0.05, 0) is 49.4 Å². The number of hydrogen-bond donors (Lipinski definition) is 3. The van der Waals surface area contributed by atoms with Crippen molar-refractivity contribution in [2.75, 3.05) is 25.5 Å². The van der Waals surface area contributed by atoms with Gasteiger partial charge in [-0.25, -0.2) is 14.0 Å². The van der Waals surface area contributed by atoms with E-state index in [1.807, 2.05) is 36.2 Å². The standard InChI is InChI=1S/C20H23FN2O2.C2H2O4/c1-4-11-25-18-9-6-16(7-10-18)13-23(3)14-20(24)22-17-8-5-15(2)19(21)12-17;3-1(4)2(5)6/h4-10,12H,1,11,13-14H2,2-3H3,(H,22,24);(H,3,4)(H,5,6). The van der Waals surface area contributed by atoms with Gasteiger partial charge in [-0.2, -0.15) is 0 Å². The predicted molar refractivity (Wildman–Crippen MR) is 114 cm³/mol. The van der Waals surface area contributed by atoms with Crippen molar-refractivity contribution < 1.29 is 33.7 Å². The number of nitrogens with one attached hydrogen (secondary N) is 1. The van der Waals surface area contributed by atoms with E-state index >= 15 is 0 Å². The molecule has 3 N–H and O–H groups in total. The van der Waals surface area contributed by atoms with Gasteiger partial charge in [0.1, 0.15) is 18.2 Å². The minimum absolute atomic E-state index is 0.184. The van der Waals surface area contributed by atoms with Crippen LogP contribution in [0.1, 0.15) is 11.1 Å². The highest BCUT2D eigenvalue weighted by Gasteiger charge is 2.09. The van der Waals surface area contributed by atoms with Crippen LogP contribution in [-0.4, -0.2) is 53.2 Å². The molecule has 2 rings (SSSR count). The molecule has 0 aliphatic carbocycles. The van der Waals surface area contributed by atoms with Gasteiger partial charge in [0.15, 0.2) is 0 Å². The molecule has 2 aromatic carbocycles. The largest absolute Gasteiger partial charge is 0.490 e. The number of likely N-dealkylation sites (N-methyl/N-ethyl adjacent to an activating group) is 1. The molecule has 0 saturated heterocycles. The number of carbonyl (C=O) groups excluding carboxylic acids is 1. The molecule has 31 heavy (non-hydrogen) atoms. The number of rotatable bonds is 8. The minimum atomic E-state index is -1.82. The number of carboxylic acid groups (broad SMARTS) is 2. The van der Waals surface area contributed by atoms with Gasteiger partial charge in [0.25, 0.3) is 0 Å². The molecule has 9 heteroatoms. The van der Waals surface area contributed by atoms with Crippen molar-refractivity contribution in [1.82, 2.24) is 4.90 Å². The summed E-state index contributed by atoms with van der Waals surface area (Å²) in [6.07, 6.45) is 1.69. The van der Waals surface area contributed by atoms with Crippen molar-refractivity contribution >= 4 is 23.5 Å². The van der Waals surface area contributed by atoms with Crippen LogP contribution in [0.4, 0.5) is 10.1 Å². The Kier molecular flexibility index (Phi) is 10.4. The van der Waals surface area contributed by atoms with E-state index in [1.54, 1.807) is 25.1 Å². The molecule has 0 aliphatic heterocycles. The van der Waals surface area contributed by atoms with Gasteiger partial charge < -0.3 is 20.3 Å². The van der Waals surface area contributed by atoms with E-state index in [9.17, 15) is 9.18 Å². The van der Waals surface area contributed by atoms with Gasteiger partial charge in [0, 0.05) is 12.2 Å². The molecule has 0 aliphatic rings. The van der Waals surface area contributed by atoms with Crippen molar-refractivity contribution in [2.24, 2.45) is 0 Å². The molecule has 1 amide bonds. The number of aryl methyl sites for hydroxylation is 1. The fraction of sp³-hybridized carbons (Fsp3) is 0.227. The number of halogens is 1. The summed E-state index contributed by atoms with van der Waals surface area (Å²) in [6, 6.07) is 12.4. The molecule has 0 atom stereocenters. The first-order chi connectivity index (χ1) is 14.6. The summed E-state index contributed by atoms with van der Waals surface area (Å²) >= 11 is 0. The van der Waals surface area contributed by atoms with Crippen LogP contribution in [0.3, 0.4) is 0 Å². The van der Waals surface area contributed by atoms with Gasteiger partial charge >= 0.3 is 11.9 Å². The SMILES string of the molecule is C=CCOc1ccc(CN(C)CC(=O)Nc2ccc(C)c(F)c2)cc1.O=C(O)C(=O)O. The van der Waals surface area contributed by atoms with E-state index in [4.69, 9.17) is 24.5 Å². The van der Waals surface area contributed by atoms with Crippen LogP contribution in [0.2, 0.25) is 0 Å². The highest BCUT2D eigenvalue weighted by molar-refractivity contribution is 6.27. The zero-order chi connectivity index (χ0) is 23.4. The summed E-state index contributed by atoms with van der Waals surface area (Å²) in [5.41, 5.74) is 2.09. The molecule has 0 saturated carbocycles. The first kappa shape index (κ1) is 25.3. The molecule has 2 aromatic rings. The van der Waals surface area contributed by atoms with Crippen LogP contribution in [0.15, 0.2) is 55.1 Å². The quantitative estimate of drug-likeness (QED) is 0.434. The monoisotopic (exact) mass is 432 g/mol. The fourth-order valence-electron chi connectivity index (χ4n) is 2.33. The third-order valence-electron chi connectivity index (χ3n) is 3.80. The number of benzene rings is 2. The topological polar surface area (TPSA) is 116 Å². The van der Waals surface area contributed by atoms with Gasteiger partial charge in [-0.3, -0.25) is 9.69 Å². The van der Waals surface area contributed by atoms with Crippen LogP contribution in [0.25, 0.3) is 0 Å². The Bertz CT molecular complexity index is 903. The Hall–Kier alpha value is -3.72. The highest BCUT2D eigenvalue weighted by Crippen LogP contribution is 2.15. The van der Waals surface area contributed by atoms with Crippen molar-refractivity contribution in [3.8, 4) is 5.75 Å². The third kappa shape index (κ3) is 10.0. The highest BCUT2D eigenvalue weighted by atomic mass is 19.1. The smallest absolute Gasteiger partial charge is 0.414 e. The number of hydrogen-bond acceptors (Lipinski definition) is 5. The van der Waals surface area contributed by atoms with Gasteiger partial charge in [-0.15, -0.1) is 0 Å². The summed E-state index contributed by atoms with van der Waals surface area (Å²) in [7, 11) is 1.86. The van der Waals surface area contributed by atoms with Crippen LogP contribution >= 0.6 is 0 Å². The number of nitrogens with zero attached hydrogens (tertiary/aromatic N) is 1. The zero-order valence-electron chi connectivity index (χ0n) is 17.3. The molecular formula is C22H25FN2O6. The van der Waals surface area contributed by atoms with Gasteiger partial charge in [-0.1, -0.05) is 30.9 Å². The number of ether oxygens (including phenoxy) is 1. The lowest BCUT2D eigenvalue weighted by molar-refractivity contribution is -0.159. The molecule has 0 bridgehead atoms. The van der Waals surface area contributed by atoms with Gasteiger partial charge in [0.2, 0.25) is 5.91 Å². The lowest BCUT2D eigenvalue weighted by Crippen LogP contribution is -2.29. The average Bonchev–Trinajstić information content (AvgIpc) is 2.70. The maximum atomic E-state index is 13.5. The van der Waals surface area contributed by atoms with Crippen LogP contribution in [0.5, 0.6) is 5.75 Å². The minimum Gasteiger partial charge on any atom is -0.490 e. The number of carbonyl (C=O) groups is 3. The average molecular weight is 432 g/mol. The first-order valence-electron chi connectivity index (χ1n) is 9.15. The second-order valence-electron chi connectivity index (χ2n) is 6.54. The van der Waals surface area contributed by atoms with Crippen molar-refractivity contribution in [2.45, 2.75) is 13.5 Å². The maximum absolute atomic E-state index is 13.5. The maximum Gasteiger partial charge on any atom is 0.414 e. The van der Waals surface area contributed by atoms with E-state index < -0.39 is 11.9 Å². The molecule has 0 radical (unpaired) electrons. The predicted octanol–water partition coefficient (Wildman–Crippen LogP) is 2.93. The second kappa shape index (κ2) is 12.8. The third-order valence-corrected chi connectivity index (χ3v) is 3.80. The summed E-state index contributed by atoms with van der Waals surface area (Å²) in [5, 5.41) is 17.5. The normalized spacial score (nSPS) is 9.94. The lowest BCUT2D eigenvalue weighted by atomic mass is 10.2. The Balaban J connectivity index is 0.000000703. The lowest BCUT2D eigenvalue weighted by Gasteiger charge is -2.17. The van der Waals surface area contributed by atoms with Crippen LogP contribution < -0.4 is 10.1 Å². The molecule has 166 valence electrons. The van der Waals surface area contributed by atoms with Crippen molar-refractivity contribution in [3.05, 3.63) is 72.1 Å². The Morgan fingerprint density at radius 3 is 2.26 bits per heavy atom. The number of amides is 1. The number of aliphatic carboxylic acids is 2. The summed E-state index contributed by atoms with van der Waals surface area (Å²) in [4.78, 5) is 32.2. The molecular weight excluding hydrogens is 407 g/mol. The van der Waals surface area contributed by atoms with Gasteiger partial charge in [0.05, 0.1) is 6.54 Å². The van der Waals surface area contributed by atoms with E-state index in [1.165, 1.54) is 6.07 Å². The zero-order valence-corrected chi connectivity index (χ0v) is 17.3. The van der Waals surface area contributed by atoms with E-state index in [-0.39, 0.29) is 18.3 Å². The summed E-state index contributed by atoms with van der Waals surface area (Å²) in [5.74, 6) is -3.38. The second-order valence-corrected chi connectivity index (χ2v) is 6.54. The molecule has 8 nitrogen and oxygen atoms in total. The molecule has 0 spiro atoms. The molecule has 0 heterocycles. The van der Waals surface area contributed by atoms with Crippen molar-refractivity contribution in [3.63, 3.8) is 0 Å². The van der Waals surface area contributed by atoms with Crippen molar-refractivity contribution in [1.29, 1.82) is 0 Å². The molecule has 0 aromatic heterocycles. The summed E-state index contributed by atoms with van der Waals surface area (Å²) < 4.78 is 19.0. The van der Waals surface area contributed by atoms with E-state index in [0.717, 1.165) is 11.3 Å². The molecule has 0 unspecified atom stereocenters. The van der Waals surface area contributed by atoms with Crippen LogP contribution in [0, 0.1) is 12.7 Å². The number of anilines is 1. The summed E-state index contributed by atoms with van der Waals surface area (Å²) in [6.45, 7) is 6.60. The fourth-order valence-corrected chi connectivity index (χ4v) is 2.33. The Labute approximate surface area is 179 Å². The number of carboxylic acids is 2. The van der Waals surface area contributed by atoms with E-state index in [2.05, 4.69) is 11.9 Å². The van der Waals surface area contributed by atoms with E-state index in [0.29, 0.717) is 24.4 Å². The molecule has 0 fully saturated rings.